The van der Waals surface area contributed by atoms with E-state index in [1.165, 1.54) is 0 Å². The zero-order valence-electron chi connectivity index (χ0n) is 10.9. The molecule has 5 nitrogen and oxygen atoms in total. The van der Waals surface area contributed by atoms with Gasteiger partial charge in [-0.2, -0.15) is 5.26 Å². The number of β-amino-alcohol motifs (C(OH)–C–C–N with tert-alkyl or cyclic N) is 1. The fourth-order valence-electron chi connectivity index (χ4n) is 2.11. The summed E-state index contributed by atoms with van der Waals surface area (Å²) in [6.45, 7) is 2.17. The molecular weight excluding hydrogens is 242 g/mol. The molecule has 1 aliphatic rings. The van der Waals surface area contributed by atoms with Gasteiger partial charge in [-0.05, 0) is 24.7 Å². The van der Waals surface area contributed by atoms with E-state index >= 15 is 0 Å². The van der Waals surface area contributed by atoms with Crippen LogP contribution in [0.25, 0.3) is 0 Å². The van der Waals surface area contributed by atoms with Crippen molar-refractivity contribution in [2.24, 2.45) is 0 Å². The lowest BCUT2D eigenvalue weighted by molar-refractivity contribution is -0.137. The Balaban J connectivity index is 1.98. The Morgan fingerprint density at radius 2 is 2.05 bits per heavy atom. The molecule has 0 radical (unpaired) electrons. The molecule has 5 heteroatoms. The Bertz CT molecular complexity index is 492. The monoisotopic (exact) mass is 259 g/mol. The number of hydrogen-bond donors (Lipinski definition) is 1. The number of nitriles is 1. The number of nitrogens with zero attached hydrogens (tertiary/aromatic N) is 3. The summed E-state index contributed by atoms with van der Waals surface area (Å²) in [5.74, 6) is 0.0430. The minimum atomic E-state index is -0.708. The molecule has 1 fully saturated rings. The van der Waals surface area contributed by atoms with Crippen molar-refractivity contribution in [3.05, 3.63) is 35.4 Å². The van der Waals surface area contributed by atoms with Crippen LogP contribution in [0, 0.1) is 11.3 Å². The van der Waals surface area contributed by atoms with Crippen molar-refractivity contribution >= 4 is 5.91 Å². The van der Waals surface area contributed by atoms with E-state index in [9.17, 15) is 9.90 Å². The Kier molecular flexibility index (Phi) is 4.15. The van der Waals surface area contributed by atoms with Gasteiger partial charge < -0.3 is 10.0 Å². The van der Waals surface area contributed by atoms with E-state index in [1.807, 2.05) is 18.0 Å². The summed E-state index contributed by atoms with van der Waals surface area (Å²) in [5, 5.41) is 18.8. The molecule has 0 bridgehead atoms. The topological polar surface area (TPSA) is 67.6 Å². The van der Waals surface area contributed by atoms with Crippen LogP contribution in [0.15, 0.2) is 24.3 Å². The first kappa shape index (κ1) is 13.5. The summed E-state index contributed by atoms with van der Waals surface area (Å²) in [6.07, 6.45) is -0.708. The molecule has 0 aromatic heterocycles. The minimum absolute atomic E-state index is 0.0430. The van der Waals surface area contributed by atoms with E-state index in [2.05, 4.69) is 0 Å². The van der Waals surface area contributed by atoms with Gasteiger partial charge in [-0.25, -0.2) is 0 Å². The molecule has 0 aliphatic carbocycles. The number of rotatable bonds is 3. The second-order valence-electron chi connectivity index (χ2n) is 4.83. The quantitative estimate of drug-likeness (QED) is 0.851. The number of hydrogen-bond acceptors (Lipinski definition) is 4. The third-order valence-electron chi connectivity index (χ3n) is 3.33. The van der Waals surface area contributed by atoms with E-state index < -0.39 is 6.10 Å². The molecule has 1 N–H and O–H groups in total. The fraction of sp³-hybridized carbons (Fsp3) is 0.429. The van der Waals surface area contributed by atoms with Gasteiger partial charge in [0.15, 0.2) is 0 Å². The molecule has 19 heavy (non-hydrogen) atoms. The predicted octanol–water partition coefficient (Wildman–Crippen LogP) is 0.366. The van der Waals surface area contributed by atoms with E-state index in [0.717, 1.165) is 12.1 Å². The molecule has 0 spiro atoms. The number of carbonyl (C=O) groups excluding carboxylic acids is 1. The lowest BCUT2D eigenvalue weighted by Gasteiger charge is -2.33. The number of amides is 1. The van der Waals surface area contributed by atoms with Gasteiger partial charge in [0.1, 0.15) is 0 Å². The third-order valence-corrected chi connectivity index (χ3v) is 3.33. The van der Waals surface area contributed by atoms with E-state index in [1.54, 1.807) is 29.2 Å². The molecule has 1 aromatic carbocycles. The zero-order chi connectivity index (χ0) is 13.8. The van der Waals surface area contributed by atoms with Gasteiger partial charge in [-0.3, -0.25) is 9.69 Å². The van der Waals surface area contributed by atoms with E-state index in [0.29, 0.717) is 25.2 Å². The first-order valence-corrected chi connectivity index (χ1v) is 6.24. The molecule has 1 saturated heterocycles. The highest BCUT2D eigenvalue weighted by atomic mass is 16.3. The van der Waals surface area contributed by atoms with Crippen LogP contribution in [-0.4, -0.2) is 54.0 Å². The standard InChI is InChI=1S/C14H17N3O2/c1-16-6-7-17(14(19)10-16)9-13(18)12-4-2-11(8-15)3-5-12/h2-5,13,18H,6-7,9-10H2,1H3. The van der Waals surface area contributed by atoms with Crippen molar-refractivity contribution in [2.45, 2.75) is 6.10 Å². The van der Waals surface area contributed by atoms with Crippen molar-refractivity contribution in [1.82, 2.24) is 9.80 Å². The Morgan fingerprint density at radius 1 is 1.37 bits per heavy atom. The summed E-state index contributed by atoms with van der Waals surface area (Å²) in [4.78, 5) is 15.5. The highest BCUT2D eigenvalue weighted by Crippen LogP contribution is 2.16. The normalized spacial score (nSPS) is 18.2. The van der Waals surface area contributed by atoms with Crippen molar-refractivity contribution in [1.29, 1.82) is 5.26 Å². The zero-order valence-corrected chi connectivity index (χ0v) is 10.9. The number of aliphatic hydroxyl groups excluding tert-OH is 1. The van der Waals surface area contributed by atoms with Crippen LogP contribution in [-0.2, 0) is 4.79 Å². The maximum Gasteiger partial charge on any atom is 0.236 e. The second-order valence-corrected chi connectivity index (χ2v) is 4.83. The van der Waals surface area contributed by atoms with Gasteiger partial charge >= 0.3 is 0 Å². The second kappa shape index (κ2) is 5.83. The SMILES string of the molecule is CN1CCN(CC(O)c2ccc(C#N)cc2)C(=O)C1. The van der Waals surface area contributed by atoms with Crippen LogP contribution < -0.4 is 0 Å². The predicted molar refractivity (Wildman–Crippen MR) is 70.2 cm³/mol. The number of benzene rings is 1. The Hall–Kier alpha value is -1.90. The molecule has 2 rings (SSSR count). The van der Waals surface area contributed by atoms with Gasteiger partial charge in [-0.1, -0.05) is 12.1 Å². The molecule has 100 valence electrons. The molecule has 1 amide bonds. The number of likely N-dealkylation sites (N-methyl/N-ethyl adjacent to an activating group) is 1. The van der Waals surface area contributed by atoms with Gasteiger partial charge in [0.25, 0.3) is 0 Å². The highest BCUT2D eigenvalue weighted by molar-refractivity contribution is 5.79. The Labute approximate surface area is 112 Å². The Morgan fingerprint density at radius 3 is 2.63 bits per heavy atom. The van der Waals surface area contributed by atoms with Crippen molar-refractivity contribution in [3.63, 3.8) is 0 Å². The summed E-state index contributed by atoms with van der Waals surface area (Å²) in [6, 6.07) is 8.83. The van der Waals surface area contributed by atoms with Gasteiger partial charge in [0, 0.05) is 13.1 Å². The molecule has 1 heterocycles. The number of carbonyl (C=O) groups is 1. The lowest BCUT2D eigenvalue weighted by Crippen LogP contribution is -2.49. The number of aliphatic hydroxyl groups is 1. The first-order chi connectivity index (χ1) is 9.10. The molecule has 1 unspecified atom stereocenters. The molecule has 0 saturated carbocycles. The molecule has 1 aromatic rings. The van der Waals surface area contributed by atoms with Gasteiger partial charge in [-0.15, -0.1) is 0 Å². The maximum absolute atomic E-state index is 11.8. The van der Waals surface area contributed by atoms with Crippen LogP contribution in [0.3, 0.4) is 0 Å². The van der Waals surface area contributed by atoms with E-state index in [4.69, 9.17) is 5.26 Å². The summed E-state index contributed by atoms with van der Waals surface area (Å²) < 4.78 is 0. The minimum Gasteiger partial charge on any atom is -0.387 e. The highest BCUT2D eigenvalue weighted by Gasteiger charge is 2.23. The summed E-state index contributed by atoms with van der Waals surface area (Å²) in [7, 11) is 1.91. The van der Waals surface area contributed by atoms with Crippen molar-refractivity contribution in [3.8, 4) is 6.07 Å². The molecule has 1 atom stereocenters. The van der Waals surface area contributed by atoms with Crippen LogP contribution in [0.1, 0.15) is 17.2 Å². The van der Waals surface area contributed by atoms with Crippen LogP contribution in [0.5, 0.6) is 0 Å². The fourth-order valence-corrected chi connectivity index (χ4v) is 2.11. The summed E-state index contributed by atoms with van der Waals surface area (Å²) >= 11 is 0. The smallest absolute Gasteiger partial charge is 0.236 e. The van der Waals surface area contributed by atoms with Gasteiger partial charge in [0.2, 0.25) is 5.91 Å². The van der Waals surface area contributed by atoms with Crippen LogP contribution in [0.4, 0.5) is 0 Å². The first-order valence-electron chi connectivity index (χ1n) is 6.24. The molecule has 1 aliphatic heterocycles. The largest absolute Gasteiger partial charge is 0.387 e. The van der Waals surface area contributed by atoms with Crippen LogP contribution >= 0.6 is 0 Å². The lowest BCUT2D eigenvalue weighted by atomic mass is 10.1. The maximum atomic E-state index is 11.8. The number of piperazine rings is 1. The average Bonchev–Trinajstić information content (AvgIpc) is 2.42. The van der Waals surface area contributed by atoms with E-state index in [-0.39, 0.29) is 5.91 Å². The van der Waals surface area contributed by atoms with Crippen LogP contribution in [0.2, 0.25) is 0 Å². The third kappa shape index (κ3) is 3.31. The molecular formula is C14H17N3O2. The van der Waals surface area contributed by atoms with Crippen molar-refractivity contribution in [2.75, 3.05) is 33.2 Å². The van der Waals surface area contributed by atoms with Gasteiger partial charge in [0.05, 0.1) is 30.8 Å². The van der Waals surface area contributed by atoms with Crippen molar-refractivity contribution < 1.29 is 9.90 Å². The summed E-state index contributed by atoms with van der Waals surface area (Å²) in [5.41, 5.74) is 1.29. The average molecular weight is 259 g/mol.